The molecule has 3 rings (SSSR count). The van der Waals surface area contributed by atoms with E-state index in [9.17, 15) is 0 Å². The van der Waals surface area contributed by atoms with Gasteiger partial charge in [-0.1, -0.05) is 18.1 Å². The summed E-state index contributed by atoms with van der Waals surface area (Å²) in [5.41, 5.74) is 2.01. The first kappa shape index (κ1) is 19.0. The Morgan fingerprint density at radius 3 is 2.96 bits per heavy atom. The molecule has 0 amide bonds. The van der Waals surface area contributed by atoms with Crippen molar-refractivity contribution in [3.63, 3.8) is 0 Å². The van der Waals surface area contributed by atoms with E-state index in [4.69, 9.17) is 4.52 Å². The second-order valence-electron chi connectivity index (χ2n) is 6.08. The molecule has 0 spiro atoms. The van der Waals surface area contributed by atoms with Crippen LogP contribution in [0.4, 0.5) is 0 Å². The lowest BCUT2D eigenvalue weighted by Crippen LogP contribution is -2.38. The van der Waals surface area contributed by atoms with Crippen LogP contribution in [0.3, 0.4) is 0 Å². The number of nitrogens with one attached hydrogen (secondary N) is 2. The Balaban J connectivity index is 1.51. The molecular formula is C19H24N6OS. The number of hydrogen-bond acceptors (Lipinski definition) is 6. The van der Waals surface area contributed by atoms with Gasteiger partial charge in [-0.05, 0) is 41.4 Å². The summed E-state index contributed by atoms with van der Waals surface area (Å²) in [5, 5.41) is 14.9. The smallest absolute Gasteiger partial charge is 0.276 e. The monoisotopic (exact) mass is 384 g/mol. The minimum atomic E-state index is 0.393. The molecular weight excluding hydrogens is 360 g/mol. The van der Waals surface area contributed by atoms with Gasteiger partial charge in [-0.25, -0.2) is 0 Å². The molecule has 0 fully saturated rings. The first-order chi connectivity index (χ1) is 13.3. The molecule has 27 heavy (non-hydrogen) atoms. The maximum absolute atomic E-state index is 5.28. The number of aliphatic imine (C=N–C) groups is 1. The highest BCUT2D eigenvalue weighted by Gasteiger charge is 2.10. The predicted molar refractivity (Wildman–Crippen MR) is 108 cm³/mol. The van der Waals surface area contributed by atoms with Gasteiger partial charge in [-0.3, -0.25) is 9.98 Å². The number of aromatic nitrogens is 3. The Labute approximate surface area is 163 Å². The van der Waals surface area contributed by atoms with Crippen molar-refractivity contribution in [1.29, 1.82) is 0 Å². The van der Waals surface area contributed by atoms with Gasteiger partial charge >= 0.3 is 0 Å². The number of nitrogens with zero attached hydrogens (tertiary/aromatic N) is 4. The Kier molecular flexibility index (Phi) is 6.92. The number of thiophene rings is 1. The number of guanidine groups is 1. The molecule has 0 aliphatic heterocycles. The average Bonchev–Trinajstić information content (AvgIpc) is 3.39. The molecule has 0 saturated carbocycles. The molecule has 3 aromatic heterocycles. The van der Waals surface area contributed by atoms with Crippen molar-refractivity contribution in [2.75, 3.05) is 19.6 Å². The Hall–Kier alpha value is -2.74. The molecule has 3 heterocycles. The third-order valence-corrected chi connectivity index (χ3v) is 4.67. The first-order valence-electron chi connectivity index (χ1n) is 9.04. The lowest BCUT2D eigenvalue weighted by Gasteiger charge is -2.12. The summed E-state index contributed by atoms with van der Waals surface area (Å²) in [4.78, 5) is 13.3. The lowest BCUT2D eigenvalue weighted by atomic mass is 10.1. The third-order valence-electron chi connectivity index (χ3n) is 3.97. The summed E-state index contributed by atoms with van der Waals surface area (Å²) in [6.45, 7) is 6.45. The van der Waals surface area contributed by atoms with Gasteiger partial charge in [-0.15, -0.1) is 0 Å². The zero-order valence-corrected chi connectivity index (χ0v) is 16.4. The fourth-order valence-corrected chi connectivity index (χ4v) is 3.25. The van der Waals surface area contributed by atoms with Crippen molar-refractivity contribution >= 4 is 17.3 Å². The highest BCUT2D eigenvalue weighted by molar-refractivity contribution is 7.07. The van der Waals surface area contributed by atoms with Gasteiger partial charge < -0.3 is 15.2 Å². The quantitative estimate of drug-likeness (QED) is 0.458. The summed E-state index contributed by atoms with van der Waals surface area (Å²) in [6.07, 6.45) is 2.35. The van der Waals surface area contributed by atoms with Crippen molar-refractivity contribution < 1.29 is 4.52 Å². The molecule has 0 aromatic carbocycles. The average molecular weight is 385 g/mol. The largest absolute Gasteiger partial charge is 0.357 e. The van der Waals surface area contributed by atoms with Gasteiger partial charge in [0, 0.05) is 38.2 Å². The van der Waals surface area contributed by atoms with E-state index in [1.165, 1.54) is 5.56 Å². The van der Waals surface area contributed by atoms with Crippen molar-refractivity contribution in [1.82, 2.24) is 25.8 Å². The Bertz CT molecular complexity index is 831. The summed E-state index contributed by atoms with van der Waals surface area (Å²) < 4.78 is 5.28. The van der Waals surface area contributed by atoms with Crippen LogP contribution >= 0.6 is 11.3 Å². The number of rotatable bonds is 8. The van der Waals surface area contributed by atoms with E-state index in [1.54, 1.807) is 17.5 Å². The normalized spacial score (nSPS) is 12.7. The van der Waals surface area contributed by atoms with E-state index < -0.39 is 0 Å². The summed E-state index contributed by atoms with van der Waals surface area (Å²) >= 11 is 1.72. The molecule has 0 aliphatic rings. The molecule has 0 saturated heterocycles. The summed E-state index contributed by atoms with van der Waals surface area (Å²) in [7, 11) is 0. The van der Waals surface area contributed by atoms with Crippen LogP contribution in [0, 0.1) is 0 Å². The SMILES string of the molecule is CCNC(=NCC(C)c1ccsc1)NCCc1noc(-c2ccccn2)n1. The maximum Gasteiger partial charge on any atom is 0.276 e. The third kappa shape index (κ3) is 5.62. The van der Waals surface area contributed by atoms with E-state index in [0.29, 0.717) is 36.3 Å². The van der Waals surface area contributed by atoms with E-state index >= 15 is 0 Å². The van der Waals surface area contributed by atoms with Crippen LogP contribution < -0.4 is 10.6 Å². The first-order valence-corrected chi connectivity index (χ1v) is 9.98. The molecule has 8 heteroatoms. The topological polar surface area (TPSA) is 88.2 Å². The maximum atomic E-state index is 5.28. The van der Waals surface area contributed by atoms with E-state index in [1.807, 2.05) is 18.2 Å². The van der Waals surface area contributed by atoms with Gasteiger partial charge in [0.2, 0.25) is 0 Å². The van der Waals surface area contributed by atoms with E-state index in [-0.39, 0.29) is 0 Å². The van der Waals surface area contributed by atoms with Crippen LogP contribution in [0.15, 0.2) is 50.7 Å². The summed E-state index contributed by atoms with van der Waals surface area (Å²) in [6, 6.07) is 7.75. The molecule has 2 N–H and O–H groups in total. The standard InChI is InChI=1S/C19H24N6OS/c1-3-20-19(23-12-14(2)15-8-11-27-13-15)22-10-7-17-24-18(26-25-17)16-6-4-5-9-21-16/h4-6,8-9,11,13-14H,3,7,10,12H2,1-2H3,(H2,20,22,23). The van der Waals surface area contributed by atoms with Crippen LogP contribution in [0.25, 0.3) is 11.6 Å². The van der Waals surface area contributed by atoms with Gasteiger partial charge in [0.05, 0.1) is 0 Å². The molecule has 1 unspecified atom stereocenters. The van der Waals surface area contributed by atoms with Crippen molar-refractivity contribution in [3.05, 3.63) is 52.6 Å². The number of pyridine rings is 1. The lowest BCUT2D eigenvalue weighted by molar-refractivity contribution is 0.421. The van der Waals surface area contributed by atoms with Gasteiger partial charge in [-0.2, -0.15) is 16.3 Å². The summed E-state index contributed by atoms with van der Waals surface area (Å²) in [5.74, 6) is 2.28. The van der Waals surface area contributed by atoms with Gasteiger partial charge in [0.1, 0.15) is 5.69 Å². The van der Waals surface area contributed by atoms with Gasteiger partial charge in [0.15, 0.2) is 11.8 Å². The molecule has 142 valence electrons. The fourth-order valence-electron chi connectivity index (χ4n) is 2.47. The van der Waals surface area contributed by atoms with Crippen molar-refractivity contribution in [2.24, 2.45) is 4.99 Å². The van der Waals surface area contributed by atoms with Crippen molar-refractivity contribution in [2.45, 2.75) is 26.2 Å². The zero-order chi connectivity index (χ0) is 18.9. The van der Waals surface area contributed by atoms with Gasteiger partial charge in [0.25, 0.3) is 5.89 Å². The van der Waals surface area contributed by atoms with Crippen LogP contribution in [0.2, 0.25) is 0 Å². The Morgan fingerprint density at radius 1 is 1.30 bits per heavy atom. The molecule has 0 bridgehead atoms. The zero-order valence-electron chi connectivity index (χ0n) is 15.6. The predicted octanol–water partition coefficient (Wildman–Crippen LogP) is 3.09. The minimum Gasteiger partial charge on any atom is -0.357 e. The fraction of sp³-hybridized carbons (Fsp3) is 0.368. The van der Waals surface area contributed by atoms with Crippen LogP contribution in [0.5, 0.6) is 0 Å². The van der Waals surface area contributed by atoms with E-state index in [0.717, 1.165) is 19.0 Å². The molecule has 1 atom stereocenters. The highest BCUT2D eigenvalue weighted by Crippen LogP contribution is 2.18. The van der Waals surface area contributed by atoms with E-state index in [2.05, 4.69) is 61.4 Å². The second kappa shape index (κ2) is 9.82. The molecule has 3 aromatic rings. The molecule has 7 nitrogen and oxygen atoms in total. The van der Waals surface area contributed by atoms with Crippen LogP contribution in [-0.2, 0) is 6.42 Å². The minimum absolute atomic E-state index is 0.393. The Morgan fingerprint density at radius 2 is 2.22 bits per heavy atom. The van der Waals surface area contributed by atoms with Crippen molar-refractivity contribution in [3.8, 4) is 11.6 Å². The number of hydrogen-bond donors (Lipinski definition) is 2. The second-order valence-corrected chi connectivity index (χ2v) is 6.86. The van der Waals surface area contributed by atoms with Crippen LogP contribution in [0.1, 0.15) is 31.2 Å². The highest BCUT2D eigenvalue weighted by atomic mass is 32.1. The molecule has 0 radical (unpaired) electrons. The van der Waals surface area contributed by atoms with Crippen LogP contribution in [-0.4, -0.2) is 40.7 Å². The molecule has 0 aliphatic carbocycles.